The van der Waals surface area contributed by atoms with Gasteiger partial charge in [-0.15, -0.1) is 0 Å². The molecule has 0 saturated carbocycles. The van der Waals surface area contributed by atoms with Crippen molar-refractivity contribution in [2.75, 3.05) is 46.4 Å². The van der Waals surface area contributed by atoms with Crippen LogP contribution in [0.15, 0.2) is 24.3 Å². The summed E-state index contributed by atoms with van der Waals surface area (Å²) in [5, 5.41) is 3.19. The Morgan fingerprint density at radius 1 is 1.33 bits per heavy atom. The third kappa shape index (κ3) is 6.95. The van der Waals surface area contributed by atoms with E-state index in [0.717, 1.165) is 39.0 Å². The van der Waals surface area contributed by atoms with Crippen LogP contribution in [0.1, 0.15) is 39.5 Å². The number of carbonyl (C=O) groups excluding carboxylic acids is 1. The Morgan fingerprint density at radius 2 is 2.17 bits per heavy atom. The standard InChI is InChI=1S/C24H38FN3O2/c1-18(2)14-28-15-19(17-30-23-8-4-6-21(25)13-23)12-20(16-28)24(29)26-10-9-22-7-5-11-27(22)3/h4,6,8,13,18-20,22H,5,7,9-12,14-17H2,1-3H3,(H,26,29)/t19-,20+,22?/m0/s1. The molecule has 2 saturated heterocycles. The fraction of sp³-hybridized carbons (Fsp3) is 0.708. The van der Waals surface area contributed by atoms with Gasteiger partial charge in [-0.05, 0) is 57.3 Å². The number of carbonyl (C=O) groups is 1. The van der Waals surface area contributed by atoms with E-state index >= 15 is 0 Å². The van der Waals surface area contributed by atoms with Crippen molar-refractivity contribution in [3.05, 3.63) is 30.1 Å². The van der Waals surface area contributed by atoms with Gasteiger partial charge >= 0.3 is 0 Å². The van der Waals surface area contributed by atoms with Gasteiger partial charge in [0.1, 0.15) is 11.6 Å². The fourth-order valence-electron chi connectivity index (χ4n) is 4.90. The van der Waals surface area contributed by atoms with E-state index in [0.29, 0.717) is 24.3 Å². The number of amides is 1. The van der Waals surface area contributed by atoms with Crippen molar-refractivity contribution in [1.82, 2.24) is 15.1 Å². The lowest BCUT2D eigenvalue weighted by Gasteiger charge is -2.38. The van der Waals surface area contributed by atoms with Gasteiger partial charge in [-0.1, -0.05) is 19.9 Å². The van der Waals surface area contributed by atoms with Crippen molar-refractivity contribution in [3.8, 4) is 5.75 Å². The molecule has 0 spiro atoms. The van der Waals surface area contributed by atoms with E-state index in [9.17, 15) is 9.18 Å². The monoisotopic (exact) mass is 419 g/mol. The summed E-state index contributed by atoms with van der Waals surface area (Å²) < 4.78 is 19.3. The van der Waals surface area contributed by atoms with Crippen LogP contribution in [0.4, 0.5) is 4.39 Å². The lowest BCUT2D eigenvalue weighted by molar-refractivity contribution is -0.127. The molecule has 1 unspecified atom stereocenters. The van der Waals surface area contributed by atoms with Crippen LogP contribution in [0.5, 0.6) is 5.75 Å². The third-order valence-electron chi connectivity index (χ3n) is 6.34. The molecule has 6 heteroatoms. The molecule has 2 fully saturated rings. The maximum atomic E-state index is 13.4. The number of likely N-dealkylation sites (tertiary alicyclic amines) is 2. The molecule has 3 rings (SSSR count). The molecule has 0 aromatic heterocycles. The number of hydrogen-bond donors (Lipinski definition) is 1. The first-order valence-electron chi connectivity index (χ1n) is 11.5. The summed E-state index contributed by atoms with van der Waals surface area (Å²) in [5.74, 6) is 1.23. The average Bonchev–Trinajstić information content (AvgIpc) is 3.10. The maximum Gasteiger partial charge on any atom is 0.224 e. The number of nitrogens with zero attached hydrogens (tertiary/aromatic N) is 2. The second-order valence-electron chi connectivity index (χ2n) is 9.54. The average molecular weight is 420 g/mol. The van der Waals surface area contributed by atoms with Gasteiger partial charge in [0.25, 0.3) is 0 Å². The summed E-state index contributed by atoms with van der Waals surface area (Å²) in [7, 11) is 2.17. The van der Waals surface area contributed by atoms with E-state index in [4.69, 9.17) is 4.74 Å². The summed E-state index contributed by atoms with van der Waals surface area (Å²) >= 11 is 0. The minimum atomic E-state index is -0.289. The molecule has 1 aromatic carbocycles. The molecule has 2 aliphatic heterocycles. The highest BCUT2D eigenvalue weighted by molar-refractivity contribution is 5.79. The van der Waals surface area contributed by atoms with Crippen LogP contribution in [0.2, 0.25) is 0 Å². The molecule has 3 atom stereocenters. The molecule has 5 nitrogen and oxygen atoms in total. The molecule has 1 aromatic rings. The molecule has 0 radical (unpaired) electrons. The van der Waals surface area contributed by atoms with E-state index in [1.165, 1.54) is 31.5 Å². The van der Waals surface area contributed by atoms with Crippen molar-refractivity contribution < 1.29 is 13.9 Å². The highest BCUT2D eigenvalue weighted by atomic mass is 19.1. The normalized spacial score (nSPS) is 25.6. The van der Waals surface area contributed by atoms with Crippen LogP contribution in [-0.4, -0.2) is 68.1 Å². The first-order chi connectivity index (χ1) is 14.4. The first-order valence-corrected chi connectivity index (χ1v) is 11.5. The second-order valence-corrected chi connectivity index (χ2v) is 9.54. The number of halogens is 1. The SMILES string of the molecule is CC(C)CN1C[C@@H](COc2cccc(F)c2)C[C@@H](C(=O)NCCC2CCCN2C)C1. The van der Waals surface area contributed by atoms with Gasteiger partial charge in [-0.25, -0.2) is 4.39 Å². The molecular formula is C24H38FN3O2. The second kappa shape index (κ2) is 11.1. The third-order valence-corrected chi connectivity index (χ3v) is 6.34. The Hall–Kier alpha value is -1.66. The predicted octanol–water partition coefficient (Wildman–Crippen LogP) is 3.40. The Bertz CT molecular complexity index is 684. The smallest absolute Gasteiger partial charge is 0.224 e. The van der Waals surface area contributed by atoms with Crippen LogP contribution >= 0.6 is 0 Å². The van der Waals surface area contributed by atoms with Gasteiger partial charge in [-0.2, -0.15) is 0 Å². The van der Waals surface area contributed by atoms with Crippen molar-refractivity contribution in [2.24, 2.45) is 17.8 Å². The fourth-order valence-corrected chi connectivity index (χ4v) is 4.90. The summed E-state index contributed by atoms with van der Waals surface area (Å²) in [5.41, 5.74) is 0. The molecule has 0 aliphatic carbocycles. The zero-order valence-corrected chi connectivity index (χ0v) is 18.8. The quantitative estimate of drug-likeness (QED) is 0.666. The summed E-state index contributed by atoms with van der Waals surface area (Å²) in [4.78, 5) is 17.7. The molecular weight excluding hydrogens is 381 g/mol. The maximum absolute atomic E-state index is 13.4. The van der Waals surface area contributed by atoms with Crippen LogP contribution in [0.25, 0.3) is 0 Å². The number of hydrogen-bond acceptors (Lipinski definition) is 4. The predicted molar refractivity (Wildman–Crippen MR) is 118 cm³/mol. The van der Waals surface area contributed by atoms with Gasteiger partial charge in [0.2, 0.25) is 5.91 Å². The minimum Gasteiger partial charge on any atom is -0.493 e. The van der Waals surface area contributed by atoms with Gasteiger partial charge in [0.15, 0.2) is 0 Å². The van der Waals surface area contributed by atoms with Crippen LogP contribution < -0.4 is 10.1 Å². The highest BCUT2D eigenvalue weighted by Gasteiger charge is 2.32. The first kappa shape index (κ1) is 23.0. The van der Waals surface area contributed by atoms with E-state index in [1.807, 2.05) is 0 Å². The van der Waals surface area contributed by atoms with Crippen LogP contribution in [0.3, 0.4) is 0 Å². The molecule has 30 heavy (non-hydrogen) atoms. The van der Waals surface area contributed by atoms with Crippen LogP contribution in [-0.2, 0) is 4.79 Å². The Kier molecular flexibility index (Phi) is 8.51. The lowest BCUT2D eigenvalue weighted by Crippen LogP contribution is -2.49. The number of piperidine rings is 1. The van der Waals surface area contributed by atoms with Gasteiger partial charge in [-0.3, -0.25) is 4.79 Å². The van der Waals surface area contributed by atoms with Gasteiger partial charge < -0.3 is 19.9 Å². The molecule has 2 heterocycles. The van der Waals surface area contributed by atoms with Crippen molar-refractivity contribution in [1.29, 1.82) is 0 Å². The van der Waals surface area contributed by atoms with E-state index in [2.05, 4.69) is 36.0 Å². The zero-order valence-electron chi connectivity index (χ0n) is 18.8. The summed E-state index contributed by atoms with van der Waals surface area (Å²) in [6, 6.07) is 6.87. The molecule has 1 amide bonds. The summed E-state index contributed by atoms with van der Waals surface area (Å²) in [6.07, 6.45) is 4.34. The van der Waals surface area contributed by atoms with Gasteiger partial charge in [0.05, 0.1) is 12.5 Å². The number of rotatable bonds is 9. The topological polar surface area (TPSA) is 44.8 Å². The lowest BCUT2D eigenvalue weighted by atomic mass is 9.88. The summed E-state index contributed by atoms with van der Waals surface area (Å²) in [6.45, 7) is 9.55. The minimum absolute atomic E-state index is 0.0140. The van der Waals surface area contributed by atoms with E-state index in [-0.39, 0.29) is 23.6 Å². The largest absolute Gasteiger partial charge is 0.493 e. The van der Waals surface area contributed by atoms with Gasteiger partial charge in [0, 0.05) is 44.2 Å². The Morgan fingerprint density at radius 3 is 2.87 bits per heavy atom. The molecule has 2 aliphatic rings. The van der Waals surface area contributed by atoms with Crippen molar-refractivity contribution in [2.45, 2.75) is 45.6 Å². The Labute approximate surface area is 180 Å². The number of benzene rings is 1. The number of ether oxygens (including phenoxy) is 1. The van der Waals surface area contributed by atoms with Crippen LogP contribution in [0, 0.1) is 23.6 Å². The molecule has 0 bridgehead atoms. The number of nitrogens with one attached hydrogen (secondary N) is 1. The Balaban J connectivity index is 1.52. The zero-order chi connectivity index (χ0) is 21.5. The van der Waals surface area contributed by atoms with E-state index in [1.54, 1.807) is 12.1 Å². The molecule has 168 valence electrons. The molecule has 1 N–H and O–H groups in total. The van der Waals surface area contributed by atoms with Crippen molar-refractivity contribution in [3.63, 3.8) is 0 Å². The highest BCUT2D eigenvalue weighted by Crippen LogP contribution is 2.25. The van der Waals surface area contributed by atoms with E-state index < -0.39 is 0 Å². The van der Waals surface area contributed by atoms with Crippen molar-refractivity contribution >= 4 is 5.91 Å².